The Morgan fingerprint density at radius 3 is 2.72 bits per heavy atom. The lowest BCUT2D eigenvalue weighted by Gasteiger charge is -2.29. The Kier molecular flexibility index (Phi) is 7.83. The van der Waals surface area contributed by atoms with E-state index in [1.54, 1.807) is 26.0 Å². The van der Waals surface area contributed by atoms with E-state index in [-0.39, 0.29) is 13.0 Å². The van der Waals surface area contributed by atoms with Crippen LogP contribution in [0, 0.1) is 4.91 Å². The molecule has 9 nitrogen and oxygen atoms in total. The van der Waals surface area contributed by atoms with Crippen molar-refractivity contribution in [1.29, 1.82) is 0 Å². The van der Waals surface area contributed by atoms with Gasteiger partial charge in [-0.1, -0.05) is 30.3 Å². The zero-order chi connectivity index (χ0) is 21.4. The van der Waals surface area contributed by atoms with Crippen molar-refractivity contribution < 1.29 is 23.9 Å². The SMILES string of the molecule is C=C[C@@](CC)(NC(=O)[C@@H]1CC(OC(=O)C2=CCC(N=O)C=C2)CN1)C(=O)OCC. The number of rotatable bonds is 9. The topological polar surface area (TPSA) is 123 Å². The summed E-state index contributed by atoms with van der Waals surface area (Å²) in [5.41, 5.74) is -0.943. The number of hydrogen-bond donors (Lipinski definition) is 2. The van der Waals surface area contributed by atoms with E-state index >= 15 is 0 Å². The molecule has 29 heavy (non-hydrogen) atoms. The molecular weight excluding hydrogens is 378 g/mol. The normalized spacial score (nSPS) is 25.3. The lowest BCUT2D eigenvalue weighted by Crippen LogP contribution is -2.57. The quantitative estimate of drug-likeness (QED) is 0.337. The Bertz CT molecular complexity index is 732. The lowest BCUT2D eigenvalue weighted by molar-refractivity contribution is -0.151. The van der Waals surface area contributed by atoms with E-state index in [0.717, 1.165) is 0 Å². The second kappa shape index (κ2) is 10.1. The van der Waals surface area contributed by atoms with Gasteiger partial charge in [0.15, 0.2) is 5.54 Å². The Balaban J connectivity index is 1.92. The third kappa shape index (κ3) is 5.38. The molecule has 2 rings (SSSR count). The standard InChI is InChI=1S/C20H27N3O6/c1-4-20(5-2,19(26)28-6-3)22-17(24)16-11-15(12-21-16)29-18(25)13-7-9-14(23-27)10-8-13/h4,7-9,14-16,21H,1,5-6,10-12H2,2-3H3,(H,22,24)/t14?,15?,16-,20-/m0/s1. The molecule has 2 unspecified atom stereocenters. The minimum absolute atomic E-state index is 0.192. The van der Waals surface area contributed by atoms with Crippen LogP contribution >= 0.6 is 0 Å². The molecule has 0 aromatic heterocycles. The molecule has 1 aliphatic carbocycles. The van der Waals surface area contributed by atoms with E-state index in [2.05, 4.69) is 22.4 Å². The lowest BCUT2D eigenvalue weighted by atomic mass is 9.95. The van der Waals surface area contributed by atoms with Crippen molar-refractivity contribution in [3.63, 3.8) is 0 Å². The van der Waals surface area contributed by atoms with Crippen LogP contribution < -0.4 is 10.6 Å². The highest BCUT2D eigenvalue weighted by molar-refractivity contribution is 5.93. The summed E-state index contributed by atoms with van der Waals surface area (Å²) >= 11 is 0. The van der Waals surface area contributed by atoms with E-state index in [0.29, 0.717) is 25.0 Å². The minimum atomic E-state index is -1.30. The Hall–Kier alpha value is -2.81. The van der Waals surface area contributed by atoms with Crippen LogP contribution in [0.4, 0.5) is 0 Å². The summed E-state index contributed by atoms with van der Waals surface area (Å²) in [6.45, 7) is 7.60. The number of ether oxygens (including phenoxy) is 2. The van der Waals surface area contributed by atoms with Crippen LogP contribution in [0.1, 0.15) is 33.1 Å². The first kappa shape index (κ1) is 22.5. The van der Waals surface area contributed by atoms with E-state index in [4.69, 9.17) is 9.47 Å². The van der Waals surface area contributed by atoms with Gasteiger partial charge in [-0.2, -0.15) is 4.91 Å². The predicted molar refractivity (Wildman–Crippen MR) is 106 cm³/mol. The van der Waals surface area contributed by atoms with E-state index in [1.165, 1.54) is 12.2 Å². The molecule has 0 saturated carbocycles. The van der Waals surface area contributed by atoms with Crippen LogP contribution in [0.2, 0.25) is 0 Å². The van der Waals surface area contributed by atoms with Crippen LogP contribution in [-0.4, -0.2) is 54.7 Å². The van der Waals surface area contributed by atoms with Gasteiger partial charge in [0.05, 0.1) is 18.2 Å². The highest BCUT2D eigenvalue weighted by atomic mass is 16.5. The molecule has 4 atom stereocenters. The highest BCUT2D eigenvalue weighted by Gasteiger charge is 2.40. The average molecular weight is 405 g/mol. The maximum Gasteiger partial charge on any atom is 0.338 e. The van der Waals surface area contributed by atoms with Crippen LogP contribution in [0.5, 0.6) is 0 Å². The number of carbonyl (C=O) groups is 3. The molecule has 1 aliphatic heterocycles. The molecule has 9 heteroatoms. The van der Waals surface area contributed by atoms with E-state index < -0.39 is 41.6 Å². The van der Waals surface area contributed by atoms with Gasteiger partial charge < -0.3 is 20.1 Å². The maximum absolute atomic E-state index is 12.7. The zero-order valence-corrected chi connectivity index (χ0v) is 16.7. The molecule has 1 saturated heterocycles. The molecule has 0 spiro atoms. The van der Waals surface area contributed by atoms with Crippen molar-refractivity contribution >= 4 is 17.8 Å². The zero-order valence-electron chi connectivity index (χ0n) is 16.7. The second-order valence-electron chi connectivity index (χ2n) is 6.89. The van der Waals surface area contributed by atoms with Gasteiger partial charge in [0, 0.05) is 13.0 Å². The van der Waals surface area contributed by atoms with Gasteiger partial charge in [-0.3, -0.25) is 4.79 Å². The van der Waals surface area contributed by atoms with E-state index in [1.807, 2.05) is 0 Å². The fourth-order valence-corrected chi connectivity index (χ4v) is 3.18. The number of amides is 1. The molecule has 0 bridgehead atoms. The first-order chi connectivity index (χ1) is 13.9. The van der Waals surface area contributed by atoms with Crippen molar-refractivity contribution in [2.24, 2.45) is 5.18 Å². The second-order valence-corrected chi connectivity index (χ2v) is 6.89. The predicted octanol–water partition coefficient (Wildman–Crippen LogP) is 1.30. The summed E-state index contributed by atoms with van der Waals surface area (Å²) < 4.78 is 10.5. The molecular formula is C20H27N3O6. The number of esters is 2. The first-order valence-corrected chi connectivity index (χ1v) is 9.67. The number of carbonyl (C=O) groups excluding carboxylic acids is 3. The molecule has 2 aliphatic rings. The number of hydrogen-bond acceptors (Lipinski definition) is 8. The average Bonchev–Trinajstić information content (AvgIpc) is 3.20. The highest BCUT2D eigenvalue weighted by Crippen LogP contribution is 2.19. The van der Waals surface area contributed by atoms with Crippen molar-refractivity contribution in [1.82, 2.24) is 10.6 Å². The molecule has 158 valence electrons. The van der Waals surface area contributed by atoms with Crippen molar-refractivity contribution in [2.75, 3.05) is 13.2 Å². The third-order valence-electron chi connectivity index (χ3n) is 5.02. The molecule has 0 aromatic carbocycles. The van der Waals surface area contributed by atoms with Crippen molar-refractivity contribution in [3.8, 4) is 0 Å². The van der Waals surface area contributed by atoms with Crippen LogP contribution in [0.3, 0.4) is 0 Å². The van der Waals surface area contributed by atoms with Gasteiger partial charge in [-0.25, -0.2) is 9.59 Å². The monoisotopic (exact) mass is 405 g/mol. The van der Waals surface area contributed by atoms with Gasteiger partial charge >= 0.3 is 11.9 Å². The summed E-state index contributed by atoms with van der Waals surface area (Å²) in [6, 6.07) is -1.08. The molecule has 0 aromatic rings. The number of nitrogens with one attached hydrogen (secondary N) is 2. The van der Waals surface area contributed by atoms with Gasteiger partial charge in [0.25, 0.3) is 0 Å². The van der Waals surface area contributed by atoms with Gasteiger partial charge in [-0.15, -0.1) is 6.58 Å². The van der Waals surface area contributed by atoms with E-state index in [9.17, 15) is 19.3 Å². The van der Waals surface area contributed by atoms with Crippen LogP contribution in [0.15, 0.2) is 41.6 Å². The van der Waals surface area contributed by atoms with Gasteiger partial charge in [-0.05, 0) is 25.8 Å². The first-order valence-electron chi connectivity index (χ1n) is 9.67. The minimum Gasteiger partial charge on any atom is -0.464 e. The number of nitrogens with zero attached hydrogens (tertiary/aromatic N) is 1. The molecule has 0 radical (unpaired) electrons. The molecule has 1 heterocycles. The van der Waals surface area contributed by atoms with Crippen LogP contribution in [-0.2, 0) is 23.9 Å². The third-order valence-corrected chi connectivity index (χ3v) is 5.02. The molecule has 1 fully saturated rings. The fourth-order valence-electron chi connectivity index (χ4n) is 3.18. The fraction of sp³-hybridized carbons (Fsp3) is 0.550. The van der Waals surface area contributed by atoms with Crippen molar-refractivity contribution in [3.05, 3.63) is 41.4 Å². The van der Waals surface area contributed by atoms with Gasteiger partial charge in [0.2, 0.25) is 5.91 Å². The Labute approximate surface area is 169 Å². The largest absolute Gasteiger partial charge is 0.464 e. The summed E-state index contributed by atoms with van der Waals surface area (Å²) in [5, 5.41) is 8.62. The summed E-state index contributed by atoms with van der Waals surface area (Å²) in [4.78, 5) is 47.7. The number of nitroso groups, excluding NO2 is 1. The molecule has 1 amide bonds. The van der Waals surface area contributed by atoms with Crippen LogP contribution in [0.25, 0.3) is 0 Å². The smallest absolute Gasteiger partial charge is 0.338 e. The summed E-state index contributed by atoms with van der Waals surface area (Å²) in [6.07, 6.45) is 6.49. The molecule has 2 N–H and O–H groups in total. The summed E-state index contributed by atoms with van der Waals surface area (Å²) in [5.74, 6) is -1.47. The summed E-state index contributed by atoms with van der Waals surface area (Å²) in [7, 11) is 0. The maximum atomic E-state index is 12.7. The Morgan fingerprint density at radius 2 is 2.17 bits per heavy atom. The van der Waals surface area contributed by atoms with Gasteiger partial charge in [0.1, 0.15) is 12.1 Å². The van der Waals surface area contributed by atoms with Crippen molar-refractivity contribution in [2.45, 2.75) is 56.8 Å². The Morgan fingerprint density at radius 1 is 1.41 bits per heavy atom.